The van der Waals surface area contributed by atoms with Crippen molar-refractivity contribution in [1.82, 2.24) is 9.97 Å². The van der Waals surface area contributed by atoms with Crippen LogP contribution in [0.1, 0.15) is 5.56 Å². The second-order valence-corrected chi connectivity index (χ2v) is 4.61. The van der Waals surface area contributed by atoms with E-state index in [0.717, 1.165) is 23.1 Å². The molecule has 0 aliphatic rings. The van der Waals surface area contributed by atoms with Crippen LogP contribution in [0, 0.1) is 0 Å². The first kappa shape index (κ1) is 10.9. The lowest BCUT2D eigenvalue weighted by Gasteiger charge is -2.15. The lowest BCUT2D eigenvalue weighted by Crippen LogP contribution is -2.19. The number of hydrogen-bond donors (Lipinski definition) is 1. The van der Waals surface area contributed by atoms with Gasteiger partial charge >= 0.3 is 0 Å². The molecule has 0 saturated heterocycles. The van der Waals surface area contributed by atoms with E-state index < -0.39 is 0 Å². The molecule has 0 aliphatic carbocycles. The van der Waals surface area contributed by atoms with Gasteiger partial charge in [-0.2, -0.15) is 0 Å². The van der Waals surface area contributed by atoms with Crippen LogP contribution in [-0.2, 0) is 6.42 Å². The monoisotopic (exact) mass is 234 g/mol. The predicted octanol–water partition coefficient (Wildman–Crippen LogP) is 1.80. The average molecular weight is 234 g/mol. The molecule has 0 amide bonds. The minimum Gasteiger partial charge on any atom is -0.389 e. The average Bonchev–Trinajstić information content (AvgIpc) is 2.74. The number of pyridine rings is 1. The Morgan fingerprint density at radius 3 is 2.75 bits per heavy atom. The van der Waals surface area contributed by atoms with Gasteiger partial charge in [-0.1, -0.05) is 11.3 Å². The van der Waals surface area contributed by atoms with Gasteiger partial charge in [-0.15, -0.1) is 0 Å². The highest BCUT2D eigenvalue weighted by molar-refractivity contribution is 7.19. The van der Waals surface area contributed by atoms with Gasteiger partial charge in [0.05, 0.1) is 6.20 Å². The molecule has 2 rings (SSSR count). The molecule has 16 heavy (non-hydrogen) atoms. The van der Waals surface area contributed by atoms with Gasteiger partial charge in [0, 0.05) is 26.0 Å². The van der Waals surface area contributed by atoms with Crippen LogP contribution in [0.15, 0.2) is 30.7 Å². The van der Waals surface area contributed by atoms with Crippen molar-refractivity contribution in [3.8, 4) is 0 Å². The minimum atomic E-state index is 0.755. The minimum absolute atomic E-state index is 0.755. The Bertz CT molecular complexity index is 440. The van der Waals surface area contributed by atoms with E-state index in [1.165, 1.54) is 16.9 Å². The molecular formula is C11H14N4S. The van der Waals surface area contributed by atoms with Gasteiger partial charge in [-0.25, -0.2) is 4.98 Å². The first-order valence-electron chi connectivity index (χ1n) is 5.07. The van der Waals surface area contributed by atoms with Gasteiger partial charge in [-0.05, 0) is 24.1 Å². The zero-order chi connectivity index (χ0) is 11.4. The lowest BCUT2D eigenvalue weighted by molar-refractivity contribution is 0.870. The topological polar surface area (TPSA) is 55.0 Å². The Kier molecular flexibility index (Phi) is 3.36. The van der Waals surface area contributed by atoms with E-state index in [4.69, 9.17) is 5.73 Å². The number of anilines is 2. The molecule has 2 aromatic heterocycles. The standard InChI is InChI=1S/C11H14N4S/c1-15(11-14-8-10(12)16-11)7-4-9-2-5-13-6-3-9/h2-3,5-6,8H,4,7,12H2,1H3. The number of thiazole rings is 1. The van der Waals surface area contributed by atoms with Crippen LogP contribution < -0.4 is 10.6 Å². The van der Waals surface area contributed by atoms with Crippen molar-refractivity contribution in [3.63, 3.8) is 0 Å². The predicted molar refractivity (Wildman–Crippen MR) is 67.7 cm³/mol. The summed E-state index contributed by atoms with van der Waals surface area (Å²) in [5, 5.41) is 1.72. The van der Waals surface area contributed by atoms with E-state index in [1.54, 1.807) is 6.20 Å². The Morgan fingerprint density at radius 1 is 1.38 bits per heavy atom. The van der Waals surface area contributed by atoms with Crippen molar-refractivity contribution in [2.45, 2.75) is 6.42 Å². The number of nitrogen functional groups attached to an aromatic ring is 1. The molecule has 0 aliphatic heterocycles. The third kappa shape index (κ3) is 2.70. The Labute approximate surface area is 98.8 Å². The van der Waals surface area contributed by atoms with Crippen LogP contribution in [0.25, 0.3) is 0 Å². The van der Waals surface area contributed by atoms with Crippen LogP contribution in [-0.4, -0.2) is 23.6 Å². The maximum Gasteiger partial charge on any atom is 0.186 e. The molecule has 2 heterocycles. The third-order valence-electron chi connectivity index (χ3n) is 2.32. The van der Waals surface area contributed by atoms with E-state index in [9.17, 15) is 0 Å². The van der Waals surface area contributed by atoms with Crippen LogP contribution >= 0.6 is 11.3 Å². The summed E-state index contributed by atoms with van der Waals surface area (Å²) in [6.07, 6.45) is 6.31. The first-order valence-corrected chi connectivity index (χ1v) is 5.88. The van der Waals surface area contributed by atoms with Crippen LogP contribution in [0.4, 0.5) is 10.1 Å². The molecule has 5 heteroatoms. The highest BCUT2D eigenvalue weighted by Crippen LogP contribution is 2.22. The van der Waals surface area contributed by atoms with Crippen LogP contribution in [0.2, 0.25) is 0 Å². The van der Waals surface area contributed by atoms with Crippen LogP contribution in [0.3, 0.4) is 0 Å². The van der Waals surface area contributed by atoms with Crippen molar-refractivity contribution in [2.24, 2.45) is 0 Å². The smallest absolute Gasteiger partial charge is 0.186 e. The molecule has 84 valence electrons. The first-order chi connectivity index (χ1) is 7.75. The van der Waals surface area contributed by atoms with Gasteiger partial charge in [-0.3, -0.25) is 4.98 Å². The molecule has 2 N–H and O–H groups in total. The summed E-state index contributed by atoms with van der Waals surface area (Å²) in [5.41, 5.74) is 6.93. The molecule has 0 radical (unpaired) electrons. The van der Waals surface area contributed by atoms with Crippen LogP contribution in [0.5, 0.6) is 0 Å². The molecule has 0 bridgehead atoms. The molecule has 0 saturated carbocycles. The number of likely N-dealkylation sites (N-methyl/N-ethyl adjacent to an activating group) is 1. The molecule has 0 aromatic carbocycles. The van der Waals surface area contributed by atoms with Crippen molar-refractivity contribution < 1.29 is 0 Å². The summed E-state index contributed by atoms with van der Waals surface area (Å²) in [4.78, 5) is 10.3. The highest BCUT2D eigenvalue weighted by Gasteiger charge is 2.05. The number of nitrogens with two attached hydrogens (primary N) is 1. The summed E-state index contributed by atoms with van der Waals surface area (Å²) in [6, 6.07) is 4.06. The van der Waals surface area contributed by atoms with E-state index in [-0.39, 0.29) is 0 Å². The molecular weight excluding hydrogens is 220 g/mol. The fraction of sp³-hybridized carbons (Fsp3) is 0.273. The SMILES string of the molecule is CN(CCc1ccncc1)c1ncc(N)s1. The van der Waals surface area contributed by atoms with Gasteiger partial charge in [0.1, 0.15) is 5.00 Å². The van der Waals surface area contributed by atoms with Gasteiger partial charge < -0.3 is 10.6 Å². The van der Waals surface area contributed by atoms with E-state index in [0.29, 0.717) is 0 Å². The Hall–Kier alpha value is -1.62. The Balaban J connectivity index is 1.91. The fourth-order valence-electron chi connectivity index (χ4n) is 1.40. The van der Waals surface area contributed by atoms with Gasteiger partial charge in [0.2, 0.25) is 0 Å². The number of rotatable bonds is 4. The lowest BCUT2D eigenvalue weighted by atomic mass is 10.2. The van der Waals surface area contributed by atoms with E-state index >= 15 is 0 Å². The number of hydrogen-bond acceptors (Lipinski definition) is 5. The molecule has 2 aromatic rings. The van der Waals surface area contributed by atoms with Crippen molar-refractivity contribution >= 4 is 21.5 Å². The van der Waals surface area contributed by atoms with Crippen molar-refractivity contribution in [2.75, 3.05) is 24.2 Å². The summed E-state index contributed by atoms with van der Waals surface area (Å²) >= 11 is 1.51. The molecule has 0 spiro atoms. The van der Waals surface area contributed by atoms with E-state index in [2.05, 4.69) is 14.9 Å². The molecule has 0 unspecified atom stereocenters. The van der Waals surface area contributed by atoms with Crippen molar-refractivity contribution in [3.05, 3.63) is 36.3 Å². The maximum atomic E-state index is 5.64. The fourth-order valence-corrected chi connectivity index (χ4v) is 2.06. The molecule has 0 fully saturated rings. The summed E-state index contributed by atoms with van der Waals surface area (Å²) < 4.78 is 0. The second kappa shape index (κ2) is 4.94. The number of nitrogens with zero attached hydrogens (tertiary/aromatic N) is 3. The third-order valence-corrected chi connectivity index (χ3v) is 3.26. The molecule has 4 nitrogen and oxygen atoms in total. The largest absolute Gasteiger partial charge is 0.389 e. The molecule has 0 atom stereocenters. The van der Waals surface area contributed by atoms with E-state index in [1.807, 2.05) is 31.6 Å². The van der Waals surface area contributed by atoms with Gasteiger partial charge in [0.15, 0.2) is 5.13 Å². The van der Waals surface area contributed by atoms with Crippen molar-refractivity contribution in [1.29, 1.82) is 0 Å². The zero-order valence-electron chi connectivity index (χ0n) is 9.13. The second-order valence-electron chi connectivity index (χ2n) is 3.57. The normalized spacial score (nSPS) is 10.3. The highest BCUT2D eigenvalue weighted by atomic mass is 32.1. The number of aromatic nitrogens is 2. The summed E-state index contributed by atoms with van der Waals surface area (Å²) in [6.45, 7) is 0.928. The quantitative estimate of drug-likeness (QED) is 0.876. The summed E-state index contributed by atoms with van der Waals surface area (Å²) in [7, 11) is 2.03. The summed E-state index contributed by atoms with van der Waals surface area (Å²) in [5.74, 6) is 0. The zero-order valence-corrected chi connectivity index (χ0v) is 9.94. The maximum absolute atomic E-state index is 5.64. The Morgan fingerprint density at radius 2 is 2.12 bits per heavy atom. The van der Waals surface area contributed by atoms with Gasteiger partial charge in [0.25, 0.3) is 0 Å².